The van der Waals surface area contributed by atoms with Gasteiger partial charge in [-0.05, 0) is 6.92 Å². The van der Waals surface area contributed by atoms with Crippen LogP contribution in [-0.4, -0.2) is 26.7 Å². The molecular formula is C6H11N5O. The lowest BCUT2D eigenvalue weighted by Crippen LogP contribution is -2.33. The lowest BCUT2D eigenvalue weighted by atomic mass is 10.3. The SMILES string of the molecule is C[C@H](N)C(=O)Nc1ncnn1C. The molecule has 0 aliphatic heterocycles. The molecule has 1 aromatic heterocycles. The van der Waals surface area contributed by atoms with Gasteiger partial charge in [0.05, 0.1) is 6.04 Å². The zero-order valence-electron chi connectivity index (χ0n) is 6.98. The van der Waals surface area contributed by atoms with E-state index in [9.17, 15) is 4.79 Å². The number of amides is 1. The Balaban J connectivity index is 2.64. The van der Waals surface area contributed by atoms with Crippen LogP contribution in [0.1, 0.15) is 6.92 Å². The number of carbonyl (C=O) groups is 1. The third-order valence-corrected chi connectivity index (χ3v) is 1.36. The maximum absolute atomic E-state index is 11.0. The fourth-order valence-electron chi connectivity index (χ4n) is 0.633. The summed E-state index contributed by atoms with van der Waals surface area (Å²) in [5.74, 6) is 0.128. The van der Waals surface area contributed by atoms with E-state index in [-0.39, 0.29) is 5.91 Å². The van der Waals surface area contributed by atoms with E-state index in [1.807, 2.05) is 0 Å². The summed E-state index contributed by atoms with van der Waals surface area (Å²) in [5, 5.41) is 6.29. The third kappa shape index (κ3) is 1.79. The molecule has 0 radical (unpaired) electrons. The summed E-state index contributed by atoms with van der Waals surface area (Å²) in [6.07, 6.45) is 1.36. The summed E-state index contributed by atoms with van der Waals surface area (Å²) < 4.78 is 1.46. The number of carbonyl (C=O) groups excluding carboxylic acids is 1. The quantitative estimate of drug-likeness (QED) is 0.600. The fraction of sp³-hybridized carbons (Fsp3) is 0.500. The highest BCUT2D eigenvalue weighted by Gasteiger charge is 2.09. The van der Waals surface area contributed by atoms with Crippen molar-refractivity contribution in [2.75, 3.05) is 5.32 Å². The highest BCUT2D eigenvalue weighted by Crippen LogP contribution is 1.97. The maximum atomic E-state index is 11.0. The molecule has 12 heavy (non-hydrogen) atoms. The topological polar surface area (TPSA) is 85.8 Å². The second kappa shape index (κ2) is 3.31. The average Bonchev–Trinajstić information content (AvgIpc) is 2.36. The molecule has 0 unspecified atom stereocenters. The van der Waals surface area contributed by atoms with E-state index in [1.54, 1.807) is 14.0 Å². The Hall–Kier alpha value is -1.43. The van der Waals surface area contributed by atoms with E-state index in [4.69, 9.17) is 5.73 Å². The Morgan fingerprint density at radius 2 is 2.50 bits per heavy atom. The minimum atomic E-state index is -0.540. The first-order valence-electron chi connectivity index (χ1n) is 3.51. The van der Waals surface area contributed by atoms with Crippen LogP contribution < -0.4 is 11.1 Å². The molecule has 0 saturated carbocycles. The maximum Gasteiger partial charge on any atom is 0.243 e. The summed E-state index contributed by atoms with van der Waals surface area (Å²) in [6.45, 7) is 1.60. The second-order valence-corrected chi connectivity index (χ2v) is 2.49. The first-order chi connectivity index (χ1) is 5.61. The number of nitrogens with one attached hydrogen (secondary N) is 1. The number of aromatic nitrogens is 3. The van der Waals surface area contributed by atoms with E-state index in [1.165, 1.54) is 11.0 Å². The molecule has 6 heteroatoms. The molecule has 1 heterocycles. The van der Waals surface area contributed by atoms with Crippen LogP contribution in [0, 0.1) is 0 Å². The van der Waals surface area contributed by atoms with Crippen molar-refractivity contribution in [2.24, 2.45) is 12.8 Å². The van der Waals surface area contributed by atoms with E-state index >= 15 is 0 Å². The minimum Gasteiger partial charge on any atom is -0.320 e. The molecule has 1 atom stereocenters. The van der Waals surface area contributed by atoms with Crippen molar-refractivity contribution in [3.05, 3.63) is 6.33 Å². The van der Waals surface area contributed by atoms with E-state index in [2.05, 4.69) is 15.4 Å². The number of hydrogen-bond donors (Lipinski definition) is 2. The fourth-order valence-corrected chi connectivity index (χ4v) is 0.633. The van der Waals surface area contributed by atoms with Gasteiger partial charge >= 0.3 is 0 Å². The Bertz CT molecular complexity index is 279. The van der Waals surface area contributed by atoms with Crippen LogP contribution in [0.3, 0.4) is 0 Å². The van der Waals surface area contributed by atoms with Gasteiger partial charge in [-0.3, -0.25) is 10.1 Å². The van der Waals surface area contributed by atoms with E-state index in [0.29, 0.717) is 5.95 Å². The number of aryl methyl sites for hydroxylation is 1. The molecule has 0 saturated heterocycles. The van der Waals surface area contributed by atoms with Gasteiger partial charge in [0, 0.05) is 7.05 Å². The van der Waals surface area contributed by atoms with Gasteiger partial charge in [-0.1, -0.05) is 0 Å². The molecule has 0 fully saturated rings. The number of nitrogens with zero attached hydrogens (tertiary/aromatic N) is 3. The summed E-state index contributed by atoms with van der Waals surface area (Å²) in [5.41, 5.74) is 5.33. The average molecular weight is 169 g/mol. The van der Waals surface area contributed by atoms with Crippen LogP contribution in [0.4, 0.5) is 5.95 Å². The van der Waals surface area contributed by atoms with Crippen molar-refractivity contribution in [3.63, 3.8) is 0 Å². The van der Waals surface area contributed by atoms with Crippen molar-refractivity contribution >= 4 is 11.9 Å². The van der Waals surface area contributed by atoms with Crippen LogP contribution >= 0.6 is 0 Å². The lowest BCUT2D eigenvalue weighted by Gasteiger charge is -2.05. The number of anilines is 1. The molecular weight excluding hydrogens is 158 g/mol. The summed E-state index contributed by atoms with van der Waals surface area (Å²) >= 11 is 0. The number of nitrogens with two attached hydrogens (primary N) is 1. The van der Waals surface area contributed by atoms with Crippen molar-refractivity contribution in [1.29, 1.82) is 0 Å². The molecule has 66 valence electrons. The second-order valence-electron chi connectivity index (χ2n) is 2.49. The third-order valence-electron chi connectivity index (χ3n) is 1.36. The molecule has 0 spiro atoms. The van der Waals surface area contributed by atoms with Gasteiger partial charge in [0.25, 0.3) is 0 Å². The van der Waals surface area contributed by atoms with Crippen LogP contribution in [0.15, 0.2) is 6.33 Å². The Morgan fingerprint density at radius 3 is 2.92 bits per heavy atom. The minimum absolute atomic E-state index is 0.272. The zero-order chi connectivity index (χ0) is 9.14. The molecule has 6 nitrogen and oxygen atoms in total. The highest BCUT2D eigenvalue weighted by atomic mass is 16.2. The molecule has 0 bridgehead atoms. The smallest absolute Gasteiger partial charge is 0.243 e. The van der Waals surface area contributed by atoms with Gasteiger partial charge in [-0.15, -0.1) is 0 Å². The predicted molar refractivity (Wildman–Crippen MR) is 43.3 cm³/mol. The normalized spacial score (nSPS) is 12.6. The first-order valence-corrected chi connectivity index (χ1v) is 3.51. The van der Waals surface area contributed by atoms with Crippen LogP contribution in [0.2, 0.25) is 0 Å². The van der Waals surface area contributed by atoms with E-state index < -0.39 is 6.04 Å². The number of hydrogen-bond acceptors (Lipinski definition) is 4. The van der Waals surface area contributed by atoms with Crippen molar-refractivity contribution in [3.8, 4) is 0 Å². The molecule has 1 aromatic rings. The van der Waals surface area contributed by atoms with Crippen LogP contribution in [0.5, 0.6) is 0 Å². The van der Waals surface area contributed by atoms with Gasteiger partial charge in [0.2, 0.25) is 11.9 Å². The largest absolute Gasteiger partial charge is 0.320 e. The molecule has 3 N–H and O–H groups in total. The molecule has 1 amide bonds. The zero-order valence-corrected chi connectivity index (χ0v) is 6.98. The van der Waals surface area contributed by atoms with Crippen molar-refractivity contribution in [1.82, 2.24) is 14.8 Å². The molecule has 1 rings (SSSR count). The lowest BCUT2D eigenvalue weighted by molar-refractivity contribution is -0.117. The number of rotatable bonds is 2. The summed E-state index contributed by atoms with van der Waals surface area (Å²) in [7, 11) is 1.68. The van der Waals surface area contributed by atoms with E-state index in [0.717, 1.165) is 0 Å². The highest BCUT2D eigenvalue weighted by molar-refractivity contribution is 5.92. The Kier molecular flexibility index (Phi) is 2.39. The van der Waals surface area contributed by atoms with Gasteiger partial charge in [-0.25, -0.2) is 4.68 Å². The molecule has 0 aliphatic carbocycles. The van der Waals surface area contributed by atoms with Gasteiger partial charge in [0.15, 0.2) is 0 Å². The van der Waals surface area contributed by atoms with Crippen LogP contribution in [0.25, 0.3) is 0 Å². The van der Waals surface area contributed by atoms with Gasteiger partial charge in [0.1, 0.15) is 6.33 Å². The Morgan fingerprint density at radius 1 is 1.83 bits per heavy atom. The summed E-state index contributed by atoms with van der Waals surface area (Å²) in [4.78, 5) is 14.8. The van der Waals surface area contributed by atoms with Crippen molar-refractivity contribution < 1.29 is 4.79 Å². The van der Waals surface area contributed by atoms with Crippen molar-refractivity contribution in [2.45, 2.75) is 13.0 Å². The predicted octanol–water partition coefficient (Wildman–Crippen LogP) is -0.899. The van der Waals surface area contributed by atoms with Gasteiger partial charge < -0.3 is 5.73 Å². The molecule has 0 aromatic carbocycles. The first kappa shape index (κ1) is 8.66. The molecule has 0 aliphatic rings. The van der Waals surface area contributed by atoms with Gasteiger partial charge in [-0.2, -0.15) is 10.1 Å². The Labute approximate surface area is 69.8 Å². The summed E-state index contributed by atoms with van der Waals surface area (Å²) in [6, 6.07) is -0.540. The standard InChI is InChI=1S/C6H11N5O/c1-4(7)5(12)10-6-8-3-9-11(6)2/h3-4H,7H2,1-2H3,(H,8,9,10,12)/t4-/m0/s1. The monoisotopic (exact) mass is 169 g/mol. The van der Waals surface area contributed by atoms with Crippen LogP contribution in [-0.2, 0) is 11.8 Å².